The van der Waals surface area contributed by atoms with Crippen molar-refractivity contribution in [3.8, 4) is 0 Å². The van der Waals surface area contributed by atoms with Gasteiger partial charge in [-0.1, -0.05) is 344 Å². The molecular weight excluding hydrogens is 1020 g/mol. The first-order valence-electron chi connectivity index (χ1n) is 36.4. The molecular formula is C77H138O6. The predicted molar refractivity (Wildman–Crippen MR) is 362 cm³/mol. The van der Waals surface area contributed by atoms with Gasteiger partial charge in [0, 0.05) is 19.3 Å². The normalized spacial score (nSPS) is 12.5. The molecule has 0 aromatic heterocycles. The largest absolute Gasteiger partial charge is 0.462 e. The van der Waals surface area contributed by atoms with Crippen molar-refractivity contribution >= 4 is 17.9 Å². The van der Waals surface area contributed by atoms with Crippen molar-refractivity contribution in [2.24, 2.45) is 0 Å². The first kappa shape index (κ1) is 79.8. The van der Waals surface area contributed by atoms with Gasteiger partial charge in [-0.05, 0) is 89.9 Å². The molecule has 1 unspecified atom stereocenters. The van der Waals surface area contributed by atoms with E-state index in [0.717, 1.165) is 96.3 Å². The van der Waals surface area contributed by atoms with E-state index in [1.165, 1.54) is 244 Å². The zero-order valence-corrected chi connectivity index (χ0v) is 55.5. The maximum absolute atomic E-state index is 13.0. The number of hydrogen-bond donors (Lipinski definition) is 0. The summed E-state index contributed by atoms with van der Waals surface area (Å²) in [7, 11) is 0. The number of ether oxygens (including phenoxy) is 3. The summed E-state index contributed by atoms with van der Waals surface area (Å²) >= 11 is 0. The molecule has 6 heteroatoms. The van der Waals surface area contributed by atoms with Crippen LogP contribution in [0.1, 0.15) is 380 Å². The molecule has 0 N–H and O–H groups in total. The standard InChI is InChI=1S/C77H138O6/c1-4-7-10-13-16-19-22-25-28-31-33-35-36-37-38-39-40-41-42-43-45-46-49-52-55-58-61-64-67-70-76(79)82-73-74(72-81-75(78)69-66-63-60-57-54-51-48-30-27-24-21-18-15-12-9-6-3)83-77(80)71-68-65-62-59-56-53-50-47-44-34-32-29-26-23-20-17-14-11-8-5-2/h7,10,16,19,25,28,30,33,35,37-38,48,74H,4-6,8-9,11-15,17-18,20-24,26-27,29,31-32,34,36,39-47,49-73H2,1-3H3/b10-7-,19-16-,28-25-,35-33-,38-37-,48-30-. The quantitative estimate of drug-likeness (QED) is 0.0261. The topological polar surface area (TPSA) is 78.9 Å². The highest BCUT2D eigenvalue weighted by Crippen LogP contribution is 2.18. The highest BCUT2D eigenvalue weighted by Gasteiger charge is 2.19. The van der Waals surface area contributed by atoms with Crippen LogP contribution in [0.4, 0.5) is 0 Å². The Hall–Kier alpha value is -3.15. The van der Waals surface area contributed by atoms with Crippen LogP contribution in [0, 0.1) is 0 Å². The van der Waals surface area contributed by atoms with Gasteiger partial charge in [-0.3, -0.25) is 14.4 Å². The van der Waals surface area contributed by atoms with Crippen LogP contribution in [-0.2, 0) is 28.6 Å². The molecule has 0 heterocycles. The number of unbranched alkanes of at least 4 members (excludes halogenated alkanes) is 44. The van der Waals surface area contributed by atoms with Gasteiger partial charge < -0.3 is 14.2 Å². The van der Waals surface area contributed by atoms with E-state index < -0.39 is 6.10 Å². The van der Waals surface area contributed by atoms with Gasteiger partial charge in [0.2, 0.25) is 0 Å². The van der Waals surface area contributed by atoms with E-state index in [9.17, 15) is 14.4 Å². The fourth-order valence-corrected chi connectivity index (χ4v) is 10.8. The first-order chi connectivity index (χ1) is 41.0. The van der Waals surface area contributed by atoms with Gasteiger partial charge in [-0.2, -0.15) is 0 Å². The molecule has 0 saturated carbocycles. The molecule has 482 valence electrons. The summed E-state index contributed by atoms with van der Waals surface area (Å²) in [5, 5.41) is 0. The van der Waals surface area contributed by atoms with Crippen LogP contribution in [0.2, 0.25) is 0 Å². The fraction of sp³-hybridized carbons (Fsp3) is 0.805. The Morgan fingerprint density at radius 2 is 0.470 bits per heavy atom. The minimum absolute atomic E-state index is 0.0737. The third-order valence-corrected chi connectivity index (χ3v) is 16.2. The van der Waals surface area contributed by atoms with Crippen LogP contribution in [0.15, 0.2) is 72.9 Å². The lowest BCUT2D eigenvalue weighted by Gasteiger charge is -2.18. The molecule has 0 saturated heterocycles. The Morgan fingerprint density at radius 3 is 0.747 bits per heavy atom. The Kier molecular flexibility index (Phi) is 68.6. The Bertz CT molecular complexity index is 1520. The highest BCUT2D eigenvalue weighted by atomic mass is 16.6. The van der Waals surface area contributed by atoms with Crippen LogP contribution >= 0.6 is 0 Å². The number of carbonyl (C=O) groups excluding carboxylic acids is 3. The van der Waals surface area contributed by atoms with Crippen LogP contribution in [0.5, 0.6) is 0 Å². The van der Waals surface area contributed by atoms with Crippen LogP contribution < -0.4 is 0 Å². The zero-order valence-electron chi connectivity index (χ0n) is 55.5. The summed E-state index contributed by atoms with van der Waals surface area (Å²) in [5.41, 5.74) is 0. The van der Waals surface area contributed by atoms with Crippen molar-refractivity contribution in [1.82, 2.24) is 0 Å². The first-order valence-corrected chi connectivity index (χ1v) is 36.4. The van der Waals surface area contributed by atoms with Crippen molar-refractivity contribution in [2.75, 3.05) is 13.2 Å². The van der Waals surface area contributed by atoms with Crippen LogP contribution in [0.3, 0.4) is 0 Å². The number of rotatable bonds is 67. The average Bonchev–Trinajstić information content (AvgIpc) is 3.50. The van der Waals surface area contributed by atoms with Gasteiger partial charge in [0.1, 0.15) is 13.2 Å². The number of carbonyl (C=O) groups is 3. The van der Waals surface area contributed by atoms with Gasteiger partial charge >= 0.3 is 17.9 Å². The molecule has 0 fully saturated rings. The van der Waals surface area contributed by atoms with Gasteiger partial charge in [0.15, 0.2) is 6.10 Å². The molecule has 0 rings (SSSR count). The Balaban J connectivity index is 4.28. The second kappa shape index (κ2) is 71.3. The van der Waals surface area contributed by atoms with E-state index in [0.29, 0.717) is 19.3 Å². The second-order valence-electron chi connectivity index (χ2n) is 24.5. The molecule has 83 heavy (non-hydrogen) atoms. The molecule has 0 aromatic carbocycles. The van der Waals surface area contributed by atoms with E-state index in [2.05, 4.69) is 93.7 Å². The average molecular weight is 1160 g/mol. The molecule has 0 bridgehead atoms. The molecule has 0 amide bonds. The Morgan fingerprint density at radius 1 is 0.253 bits per heavy atom. The molecule has 1 atom stereocenters. The molecule has 0 aliphatic rings. The minimum Gasteiger partial charge on any atom is -0.462 e. The molecule has 0 radical (unpaired) electrons. The van der Waals surface area contributed by atoms with Gasteiger partial charge in [0.25, 0.3) is 0 Å². The summed E-state index contributed by atoms with van der Waals surface area (Å²) in [6, 6.07) is 0. The monoisotopic (exact) mass is 1160 g/mol. The van der Waals surface area contributed by atoms with Gasteiger partial charge in [-0.25, -0.2) is 0 Å². The molecule has 6 nitrogen and oxygen atoms in total. The molecule has 0 spiro atoms. The van der Waals surface area contributed by atoms with Crippen LogP contribution in [0.25, 0.3) is 0 Å². The van der Waals surface area contributed by atoms with Gasteiger partial charge in [-0.15, -0.1) is 0 Å². The van der Waals surface area contributed by atoms with E-state index in [1.54, 1.807) is 0 Å². The van der Waals surface area contributed by atoms with Crippen molar-refractivity contribution in [3.05, 3.63) is 72.9 Å². The number of esters is 3. The lowest BCUT2D eigenvalue weighted by molar-refractivity contribution is -0.167. The third-order valence-electron chi connectivity index (χ3n) is 16.2. The van der Waals surface area contributed by atoms with Crippen LogP contribution in [-0.4, -0.2) is 37.2 Å². The Labute approximate surface area is 516 Å². The highest BCUT2D eigenvalue weighted by molar-refractivity contribution is 5.71. The summed E-state index contributed by atoms with van der Waals surface area (Å²) in [4.78, 5) is 38.5. The second-order valence-corrected chi connectivity index (χ2v) is 24.5. The summed E-state index contributed by atoms with van der Waals surface area (Å²) in [6.07, 6.45) is 93.6. The maximum Gasteiger partial charge on any atom is 0.306 e. The summed E-state index contributed by atoms with van der Waals surface area (Å²) in [6.45, 7) is 6.58. The van der Waals surface area contributed by atoms with Crippen molar-refractivity contribution in [2.45, 2.75) is 386 Å². The van der Waals surface area contributed by atoms with E-state index >= 15 is 0 Å². The fourth-order valence-electron chi connectivity index (χ4n) is 10.8. The van der Waals surface area contributed by atoms with Crippen molar-refractivity contribution < 1.29 is 28.6 Å². The molecule has 0 aromatic rings. The maximum atomic E-state index is 13.0. The lowest BCUT2D eigenvalue weighted by Crippen LogP contribution is -2.30. The molecule has 0 aliphatic carbocycles. The minimum atomic E-state index is -0.778. The van der Waals surface area contributed by atoms with Crippen molar-refractivity contribution in [3.63, 3.8) is 0 Å². The van der Waals surface area contributed by atoms with E-state index in [4.69, 9.17) is 14.2 Å². The predicted octanol–water partition coefficient (Wildman–Crippen LogP) is 25.2. The van der Waals surface area contributed by atoms with Crippen molar-refractivity contribution in [1.29, 1.82) is 0 Å². The summed E-state index contributed by atoms with van der Waals surface area (Å²) < 4.78 is 17.0. The third kappa shape index (κ3) is 69.5. The van der Waals surface area contributed by atoms with E-state index in [1.807, 2.05) is 0 Å². The SMILES string of the molecule is CC/C=C\C/C=C\C/C=C\C/C=C\C/C=C\CCCCCCCCCCCCCCCC(=O)OCC(COC(=O)CCCCCCC/C=C\CCCCCCCCC)OC(=O)CCCCCCCCCCCCCCCCCCCCCC. The number of hydrogen-bond acceptors (Lipinski definition) is 6. The lowest BCUT2D eigenvalue weighted by atomic mass is 10.0. The zero-order chi connectivity index (χ0) is 59.9. The van der Waals surface area contributed by atoms with Gasteiger partial charge in [0.05, 0.1) is 0 Å². The number of allylic oxidation sites excluding steroid dienone is 12. The molecule has 0 aliphatic heterocycles. The smallest absolute Gasteiger partial charge is 0.306 e. The summed E-state index contributed by atoms with van der Waals surface area (Å²) in [5.74, 6) is -0.857. The van der Waals surface area contributed by atoms with E-state index in [-0.39, 0.29) is 31.1 Å².